The summed E-state index contributed by atoms with van der Waals surface area (Å²) < 4.78 is 0. The van der Waals surface area contributed by atoms with Crippen LogP contribution in [-0.4, -0.2) is 29.3 Å². The minimum Gasteiger partial charge on any atom is -0.505 e. The second-order valence-electron chi connectivity index (χ2n) is 3.29. The Kier molecular flexibility index (Phi) is 4.41. The van der Waals surface area contributed by atoms with Crippen molar-refractivity contribution in [2.45, 2.75) is 12.5 Å². The van der Waals surface area contributed by atoms with Crippen molar-refractivity contribution in [3.8, 4) is 5.75 Å². The third-order valence-electron chi connectivity index (χ3n) is 2.16. The molecule has 0 aliphatic heterocycles. The average Bonchev–Trinajstić information content (AvgIpc) is 2.21. The van der Waals surface area contributed by atoms with Crippen molar-refractivity contribution >= 4 is 29.2 Å². The minimum atomic E-state index is -0.956. The molecule has 0 saturated heterocycles. The summed E-state index contributed by atoms with van der Waals surface area (Å²) in [5.41, 5.74) is 0.648. The van der Waals surface area contributed by atoms with E-state index in [9.17, 15) is 9.90 Å². The first-order valence-corrected chi connectivity index (χ1v) is 5.28. The van der Waals surface area contributed by atoms with Crippen molar-refractivity contribution < 1.29 is 15.0 Å². The van der Waals surface area contributed by atoms with Crippen LogP contribution in [0, 0.1) is 0 Å². The number of hydrogen-bond acceptors (Lipinski definition) is 3. The number of carboxylic acids is 1. The number of aromatic hydroxyl groups is 1. The summed E-state index contributed by atoms with van der Waals surface area (Å²) in [6.07, 6.45) is 0.242. The number of hydrogen-bond donors (Lipinski definition) is 3. The van der Waals surface area contributed by atoms with Gasteiger partial charge < -0.3 is 15.5 Å². The van der Waals surface area contributed by atoms with Crippen LogP contribution in [0.2, 0.25) is 10.0 Å². The Morgan fingerprint density at radius 3 is 2.31 bits per heavy atom. The first-order valence-electron chi connectivity index (χ1n) is 4.52. The predicted molar refractivity (Wildman–Crippen MR) is 62.3 cm³/mol. The van der Waals surface area contributed by atoms with Crippen LogP contribution in [-0.2, 0) is 11.2 Å². The normalized spacial score (nSPS) is 12.4. The summed E-state index contributed by atoms with van der Waals surface area (Å²) in [5, 5.41) is 21.1. The van der Waals surface area contributed by atoms with Crippen LogP contribution >= 0.6 is 23.2 Å². The Hall–Kier alpha value is -0.970. The number of rotatable bonds is 4. The van der Waals surface area contributed by atoms with Crippen molar-refractivity contribution in [3.63, 3.8) is 0 Å². The summed E-state index contributed by atoms with van der Waals surface area (Å²) in [7, 11) is 1.56. The topological polar surface area (TPSA) is 69.6 Å². The molecule has 0 aromatic heterocycles. The third-order valence-corrected chi connectivity index (χ3v) is 2.74. The van der Waals surface area contributed by atoms with Gasteiger partial charge in [-0.25, -0.2) is 0 Å². The van der Waals surface area contributed by atoms with Crippen LogP contribution in [0.4, 0.5) is 0 Å². The highest BCUT2D eigenvalue weighted by Gasteiger charge is 2.17. The molecule has 88 valence electrons. The number of carboxylic acid groups (broad SMARTS) is 1. The lowest BCUT2D eigenvalue weighted by Crippen LogP contribution is -2.35. The van der Waals surface area contributed by atoms with E-state index in [-0.39, 0.29) is 22.2 Å². The fraction of sp³-hybridized carbons (Fsp3) is 0.300. The molecule has 0 radical (unpaired) electrons. The van der Waals surface area contributed by atoms with Crippen molar-refractivity contribution in [1.82, 2.24) is 5.32 Å². The van der Waals surface area contributed by atoms with Gasteiger partial charge in [0.1, 0.15) is 6.04 Å². The minimum absolute atomic E-state index is 0.114. The van der Waals surface area contributed by atoms with Crippen LogP contribution in [0.1, 0.15) is 5.56 Å². The smallest absolute Gasteiger partial charge is 0.321 e. The largest absolute Gasteiger partial charge is 0.505 e. The molecule has 0 spiro atoms. The molecule has 0 amide bonds. The third kappa shape index (κ3) is 3.01. The van der Waals surface area contributed by atoms with E-state index in [1.54, 1.807) is 7.05 Å². The maximum absolute atomic E-state index is 10.8. The first kappa shape index (κ1) is 13.1. The van der Waals surface area contributed by atoms with Gasteiger partial charge in [0.15, 0.2) is 5.75 Å². The van der Waals surface area contributed by atoms with E-state index in [4.69, 9.17) is 28.3 Å². The van der Waals surface area contributed by atoms with Gasteiger partial charge in [-0.1, -0.05) is 23.2 Å². The Bertz CT molecular complexity index is 386. The molecule has 3 N–H and O–H groups in total. The SMILES string of the molecule is CNC(Cc1cc(Cl)c(O)c(Cl)c1)C(=O)O. The summed E-state index contributed by atoms with van der Waals surface area (Å²) in [6, 6.07) is 2.28. The number of likely N-dealkylation sites (N-methyl/N-ethyl adjacent to an activating group) is 1. The van der Waals surface area contributed by atoms with Gasteiger partial charge in [0.2, 0.25) is 0 Å². The number of halogens is 2. The van der Waals surface area contributed by atoms with E-state index < -0.39 is 12.0 Å². The average molecular weight is 264 g/mol. The molecule has 1 aromatic carbocycles. The molecule has 16 heavy (non-hydrogen) atoms. The van der Waals surface area contributed by atoms with E-state index in [2.05, 4.69) is 5.32 Å². The standard InChI is InChI=1S/C10H11Cl2NO3/c1-13-8(10(15)16)4-5-2-6(11)9(14)7(12)3-5/h2-3,8,13-14H,4H2,1H3,(H,15,16). The highest BCUT2D eigenvalue weighted by Crippen LogP contribution is 2.32. The highest BCUT2D eigenvalue weighted by atomic mass is 35.5. The molecular weight excluding hydrogens is 253 g/mol. The summed E-state index contributed by atoms with van der Waals surface area (Å²) in [4.78, 5) is 10.8. The van der Waals surface area contributed by atoms with Gasteiger partial charge in [-0.3, -0.25) is 4.79 Å². The Labute approximate surface area is 103 Å². The quantitative estimate of drug-likeness (QED) is 0.777. The molecule has 6 heteroatoms. The van der Waals surface area contributed by atoms with E-state index >= 15 is 0 Å². The summed E-state index contributed by atoms with van der Waals surface area (Å²) in [6.45, 7) is 0. The number of benzene rings is 1. The van der Waals surface area contributed by atoms with Crippen LogP contribution in [0.3, 0.4) is 0 Å². The number of carbonyl (C=O) groups is 1. The van der Waals surface area contributed by atoms with Gasteiger partial charge in [-0.05, 0) is 31.2 Å². The highest BCUT2D eigenvalue weighted by molar-refractivity contribution is 6.37. The first-order chi connectivity index (χ1) is 7.45. The zero-order valence-electron chi connectivity index (χ0n) is 8.50. The number of aliphatic carboxylic acids is 1. The maximum Gasteiger partial charge on any atom is 0.321 e. The molecule has 1 unspecified atom stereocenters. The van der Waals surface area contributed by atoms with Crippen LogP contribution in [0.25, 0.3) is 0 Å². The molecule has 0 aliphatic carbocycles. The molecule has 0 aliphatic rings. The van der Waals surface area contributed by atoms with E-state index in [1.165, 1.54) is 12.1 Å². The van der Waals surface area contributed by atoms with Gasteiger partial charge in [0.25, 0.3) is 0 Å². The van der Waals surface area contributed by atoms with Gasteiger partial charge in [0.05, 0.1) is 10.0 Å². The molecule has 4 nitrogen and oxygen atoms in total. The Morgan fingerprint density at radius 2 is 1.94 bits per heavy atom. The molecule has 1 rings (SSSR count). The number of phenols is 1. The molecule has 0 heterocycles. The molecule has 0 saturated carbocycles. The monoisotopic (exact) mass is 263 g/mol. The molecule has 0 bridgehead atoms. The fourth-order valence-corrected chi connectivity index (χ4v) is 1.82. The van der Waals surface area contributed by atoms with E-state index in [0.29, 0.717) is 5.56 Å². The van der Waals surface area contributed by atoms with Crippen molar-refractivity contribution in [2.75, 3.05) is 7.05 Å². The maximum atomic E-state index is 10.8. The number of phenolic OH excluding ortho intramolecular Hbond substituents is 1. The Balaban J connectivity index is 2.93. The van der Waals surface area contributed by atoms with Crippen LogP contribution in [0.5, 0.6) is 5.75 Å². The van der Waals surface area contributed by atoms with Gasteiger partial charge in [0, 0.05) is 0 Å². The zero-order chi connectivity index (χ0) is 12.3. The van der Waals surface area contributed by atoms with Crippen molar-refractivity contribution in [3.05, 3.63) is 27.7 Å². The molecule has 1 aromatic rings. The lowest BCUT2D eigenvalue weighted by atomic mass is 10.1. The lowest BCUT2D eigenvalue weighted by Gasteiger charge is -2.12. The van der Waals surface area contributed by atoms with Crippen molar-refractivity contribution in [1.29, 1.82) is 0 Å². The Morgan fingerprint density at radius 1 is 1.44 bits per heavy atom. The van der Waals surface area contributed by atoms with Gasteiger partial charge in [-0.15, -0.1) is 0 Å². The predicted octanol–water partition coefficient (Wildman–Crippen LogP) is 1.91. The van der Waals surface area contributed by atoms with Gasteiger partial charge in [-0.2, -0.15) is 0 Å². The van der Waals surface area contributed by atoms with Crippen LogP contribution in [0.15, 0.2) is 12.1 Å². The van der Waals surface area contributed by atoms with Crippen molar-refractivity contribution in [2.24, 2.45) is 0 Å². The second-order valence-corrected chi connectivity index (χ2v) is 4.11. The molecule has 1 atom stereocenters. The lowest BCUT2D eigenvalue weighted by molar-refractivity contribution is -0.139. The zero-order valence-corrected chi connectivity index (χ0v) is 10.0. The molecular formula is C10H11Cl2NO3. The van der Waals surface area contributed by atoms with E-state index in [0.717, 1.165) is 0 Å². The fourth-order valence-electron chi connectivity index (χ4n) is 1.28. The molecule has 0 fully saturated rings. The summed E-state index contributed by atoms with van der Waals surface area (Å²) >= 11 is 11.4. The van der Waals surface area contributed by atoms with E-state index in [1.807, 2.05) is 0 Å². The number of nitrogens with one attached hydrogen (secondary N) is 1. The van der Waals surface area contributed by atoms with Crippen LogP contribution < -0.4 is 5.32 Å². The summed E-state index contributed by atoms with van der Waals surface area (Å²) in [5.74, 6) is -1.15. The second kappa shape index (κ2) is 5.39. The van der Waals surface area contributed by atoms with Gasteiger partial charge >= 0.3 is 5.97 Å².